The summed E-state index contributed by atoms with van der Waals surface area (Å²) in [7, 11) is 0. The molecule has 1 aliphatic rings. The first-order valence-electron chi connectivity index (χ1n) is 15.0. The van der Waals surface area contributed by atoms with Crippen LogP contribution in [0, 0.1) is 0 Å². The van der Waals surface area contributed by atoms with Crippen LogP contribution in [-0.4, -0.2) is 13.7 Å². The Morgan fingerprint density at radius 2 is 1.27 bits per heavy atom. The molecular formula is C38H34Br3N3. The molecule has 0 bridgehead atoms. The Balaban J connectivity index is 1.58. The van der Waals surface area contributed by atoms with Crippen LogP contribution in [0.4, 0.5) is 0 Å². The number of para-hydroxylation sites is 3. The summed E-state index contributed by atoms with van der Waals surface area (Å²) in [5.41, 5.74) is 9.01. The van der Waals surface area contributed by atoms with E-state index in [-0.39, 0.29) is 11.3 Å². The van der Waals surface area contributed by atoms with E-state index in [2.05, 4.69) is 155 Å². The lowest BCUT2D eigenvalue weighted by Gasteiger charge is -2.39. The van der Waals surface area contributed by atoms with Crippen molar-refractivity contribution in [3.05, 3.63) is 141 Å². The molecule has 0 amide bonds. The number of halogens is 3. The number of rotatable bonds is 8. The molecule has 0 saturated carbocycles. The van der Waals surface area contributed by atoms with Crippen molar-refractivity contribution >= 4 is 80.5 Å². The van der Waals surface area contributed by atoms with Gasteiger partial charge in [-0.3, -0.25) is 0 Å². The summed E-state index contributed by atoms with van der Waals surface area (Å²) >= 11 is 11.7. The zero-order valence-electron chi connectivity index (χ0n) is 24.8. The first-order chi connectivity index (χ1) is 21.3. The molecule has 7 rings (SSSR count). The summed E-state index contributed by atoms with van der Waals surface area (Å²) in [4.78, 5) is 0. The third-order valence-corrected chi connectivity index (χ3v) is 11.5. The summed E-state index contributed by atoms with van der Waals surface area (Å²) in [6, 6.07) is 19.8. The predicted octanol–water partition coefficient (Wildman–Crippen LogP) is 11.6. The number of aromatic nitrogens is 3. The fourth-order valence-corrected chi connectivity index (χ4v) is 9.62. The van der Waals surface area contributed by atoms with E-state index in [4.69, 9.17) is 0 Å². The molecule has 3 aromatic heterocycles. The molecule has 6 aromatic rings. The molecule has 0 saturated heterocycles. The predicted molar refractivity (Wildman–Crippen MR) is 197 cm³/mol. The molecule has 1 aliphatic carbocycles. The number of allylic oxidation sites excluding steroid dienone is 3. The quantitative estimate of drug-likeness (QED) is 0.137. The molecule has 3 nitrogen and oxygen atoms in total. The van der Waals surface area contributed by atoms with Crippen molar-refractivity contribution < 1.29 is 0 Å². The molecule has 3 aromatic carbocycles. The molecule has 0 fully saturated rings. The maximum atomic E-state index is 4.20. The van der Waals surface area contributed by atoms with Gasteiger partial charge in [-0.2, -0.15) is 0 Å². The Labute approximate surface area is 283 Å². The lowest BCUT2D eigenvalue weighted by molar-refractivity contribution is 0.433. The van der Waals surface area contributed by atoms with Gasteiger partial charge in [0.15, 0.2) is 0 Å². The second-order valence-corrected chi connectivity index (χ2v) is 14.6. The van der Waals surface area contributed by atoms with Gasteiger partial charge in [-0.15, -0.1) is 19.7 Å². The van der Waals surface area contributed by atoms with Crippen molar-refractivity contribution in [2.24, 2.45) is 0 Å². The van der Waals surface area contributed by atoms with Crippen LogP contribution < -0.4 is 0 Å². The van der Waals surface area contributed by atoms with Crippen LogP contribution in [0.2, 0.25) is 0 Å². The molecule has 3 heterocycles. The largest absolute Gasteiger partial charge is 0.342 e. The van der Waals surface area contributed by atoms with Crippen LogP contribution in [0.1, 0.15) is 48.1 Å². The van der Waals surface area contributed by atoms with Gasteiger partial charge in [0, 0.05) is 78.6 Å². The van der Waals surface area contributed by atoms with Gasteiger partial charge < -0.3 is 13.7 Å². The van der Waals surface area contributed by atoms with E-state index in [1.54, 1.807) is 0 Å². The molecule has 0 spiro atoms. The minimum atomic E-state index is -0.219. The standard InChI is InChI=1S/C38H34Br3N3/c1-5-19-42-22-28(24-11-8-14-30(39)34(24)42)25-17-18-38(4,29-23-43(20-6-2)35-26(29)12-9-15-31(35)40)33-27-13-10-16-32(41)36(27)44(21-7-3)37(25)33/h5-16,22-23,25H,1-3,17-21H2,4H3/t25-,38-/m1/s1. The van der Waals surface area contributed by atoms with E-state index in [0.717, 1.165) is 45.9 Å². The summed E-state index contributed by atoms with van der Waals surface area (Å²) < 4.78 is 10.5. The Morgan fingerprint density at radius 3 is 1.91 bits per heavy atom. The molecule has 222 valence electrons. The highest BCUT2D eigenvalue weighted by molar-refractivity contribution is 9.11. The average molecular weight is 772 g/mol. The zero-order valence-corrected chi connectivity index (χ0v) is 29.6. The zero-order chi connectivity index (χ0) is 30.7. The van der Waals surface area contributed by atoms with Crippen LogP contribution in [0.5, 0.6) is 0 Å². The molecule has 0 radical (unpaired) electrons. The number of hydrogen-bond donors (Lipinski definition) is 0. The molecule has 6 heteroatoms. The molecule has 44 heavy (non-hydrogen) atoms. The van der Waals surface area contributed by atoms with E-state index in [0.29, 0.717) is 0 Å². The highest BCUT2D eigenvalue weighted by Gasteiger charge is 2.44. The maximum absolute atomic E-state index is 4.20. The van der Waals surface area contributed by atoms with Crippen LogP contribution in [0.3, 0.4) is 0 Å². The van der Waals surface area contributed by atoms with Gasteiger partial charge in [-0.05, 0) is 95.5 Å². The first-order valence-corrected chi connectivity index (χ1v) is 17.4. The van der Waals surface area contributed by atoms with Gasteiger partial charge in [-0.1, -0.05) is 61.5 Å². The fourth-order valence-electron chi connectivity index (χ4n) is 7.85. The summed E-state index contributed by atoms with van der Waals surface area (Å²) in [6.45, 7) is 17.0. The molecule has 0 N–H and O–H groups in total. The Kier molecular flexibility index (Phi) is 7.67. The van der Waals surface area contributed by atoms with Crippen LogP contribution in [0.25, 0.3) is 32.7 Å². The van der Waals surface area contributed by atoms with Crippen molar-refractivity contribution in [1.29, 1.82) is 0 Å². The van der Waals surface area contributed by atoms with E-state index < -0.39 is 0 Å². The van der Waals surface area contributed by atoms with Gasteiger partial charge in [0.25, 0.3) is 0 Å². The lowest BCUT2D eigenvalue weighted by Crippen LogP contribution is -2.31. The third kappa shape index (κ3) is 4.32. The number of fused-ring (bicyclic) bond motifs is 5. The van der Waals surface area contributed by atoms with Crippen molar-refractivity contribution in [2.45, 2.75) is 50.7 Å². The van der Waals surface area contributed by atoms with E-state index >= 15 is 0 Å². The minimum Gasteiger partial charge on any atom is -0.342 e. The van der Waals surface area contributed by atoms with Gasteiger partial charge in [0.1, 0.15) is 0 Å². The summed E-state index contributed by atoms with van der Waals surface area (Å²) in [5, 5.41) is 3.89. The van der Waals surface area contributed by atoms with Gasteiger partial charge in [-0.25, -0.2) is 0 Å². The third-order valence-electron chi connectivity index (χ3n) is 9.55. The SMILES string of the molecule is C=CCn1cc([C@H]2CC[C@](C)(c3cn(CC=C)c4c(Br)cccc34)c3c2n(CC=C)c2c(Br)cccc32)c2cccc(Br)c21. The van der Waals surface area contributed by atoms with Crippen LogP contribution in [-0.2, 0) is 25.0 Å². The second kappa shape index (κ2) is 11.4. The van der Waals surface area contributed by atoms with Crippen LogP contribution in [0.15, 0.2) is 118 Å². The fraction of sp³-hybridized carbons (Fsp3) is 0.211. The molecule has 0 aliphatic heterocycles. The highest BCUT2D eigenvalue weighted by Crippen LogP contribution is 2.55. The first kappa shape index (κ1) is 29.6. The lowest BCUT2D eigenvalue weighted by atomic mass is 9.64. The number of hydrogen-bond acceptors (Lipinski definition) is 0. The monoisotopic (exact) mass is 769 g/mol. The minimum absolute atomic E-state index is 0.216. The Hall–Kier alpha value is -3.06. The van der Waals surface area contributed by atoms with Gasteiger partial charge in [0.2, 0.25) is 0 Å². The molecule has 0 unspecified atom stereocenters. The van der Waals surface area contributed by atoms with E-state index in [1.165, 1.54) is 55.1 Å². The van der Waals surface area contributed by atoms with Crippen molar-refractivity contribution in [1.82, 2.24) is 13.7 Å². The summed E-state index contributed by atoms with van der Waals surface area (Å²) in [5.74, 6) is 0.216. The topological polar surface area (TPSA) is 14.8 Å². The van der Waals surface area contributed by atoms with E-state index in [1.807, 2.05) is 18.2 Å². The smallest absolute Gasteiger partial charge is 0.0633 e. The Bertz CT molecular complexity index is 2120. The van der Waals surface area contributed by atoms with Crippen molar-refractivity contribution in [2.75, 3.05) is 0 Å². The van der Waals surface area contributed by atoms with E-state index in [9.17, 15) is 0 Å². The average Bonchev–Trinajstić information content (AvgIpc) is 3.67. The second-order valence-electron chi connectivity index (χ2n) is 12.0. The number of benzene rings is 3. The van der Waals surface area contributed by atoms with Crippen molar-refractivity contribution in [3.63, 3.8) is 0 Å². The highest BCUT2D eigenvalue weighted by atomic mass is 79.9. The molecule has 2 atom stereocenters. The van der Waals surface area contributed by atoms with Crippen molar-refractivity contribution in [3.8, 4) is 0 Å². The maximum Gasteiger partial charge on any atom is 0.0633 e. The molecular weight excluding hydrogens is 738 g/mol. The number of nitrogens with zero attached hydrogens (tertiary/aromatic N) is 3. The summed E-state index contributed by atoms with van der Waals surface area (Å²) in [6.07, 6.45) is 12.8. The van der Waals surface area contributed by atoms with Gasteiger partial charge in [0.05, 0.1) is 16.6 Å². The Morgan fingerprint density at radius 1 is 0.727 bits per heavy atom. The normalized spacial score (nSPS) is 18.2. The van der Waals surface area contributed by atoms with Gasteiger partial charge >= 0.3 is 0 Å². The van der Waals surface area contributed by atoms with Crippen LogP contribution >= 0.6 is 47.8 Å².